The lowest BCUT2D eigenvalue weighted by Gasteiger charge is -2.27. The van der Waals surface area contributed by atoms with E-state index in [1.54, 1.807) is 0 Å². The molecule has 1 aromatic carbocycles. The number of nitrogens with one attached hydrogen (secondary N) is 2. The van der Waals surface area contributed by atoms with Crippen LogP contribution in [0, 0.1) is 12.8 Å². The monoisotopic (exact) mass is 244 g/mol. The van der Waals surface area contributed by atoms with Gasteiger partial charge >= 0.3 is 0 Å². The third kappa shape index (κ3) is 1.93. The van der Waals surface area contributed by atoms with Crippen molar-refractivity contribution in [1.82, 2.24) is 10.3 Å². The molecule has 0 amide bonds. The van der Waals surface area contributed by atoms with Crippen LogP contribution in [0.2, 0.25) is 0 Å². The predicted octanol–water partition coefficient (Wildman–Crippen LogP) is 2.51. The summed E-state index contributed by atoms with van der Waals surface area (Å²) in [5.74, 6) is 0.330. The van der Waals surface area contributed by atoms with Crippen LogP contribution in [0.25, 0.3) is 10.9 Å². The number of benzene rings is 1. The highest BCUT2D eigenvalue weighted by Gasteiger charge is 2.26. The van der Waals surface area contributed by atoms with Gasteiger partial charge in [-0.15, -0.1) is 0 Å². The largest absolute Gasteiger partial charge is 0.388 e. The molecule has 0 spiro atoms. The number of aliphatic hydroxyl groups is 1. The Morgan fingerprint density at radius 2 is 2.17 bits per heavy atom. The van der Waals surface area contributed by atoms with Crippen molar-refractivity contribution in [2.45, 2.75) is 25.9 Å². The molecular formula is C15H20N2O. The Morgan fingerprint density at radius 3 is 2.94 bits per heavy atom. The average molecular weight is 244 g/mol. The quantitative estimate of drug-likeness (QED) is 0.760. The van der Waals surface area contributed by atoms with Gasteiger partial charge in [0.2, 0.25) is 0 Å². The molecule has 1 fully saturated rings. The third-order valence-corrected chi connectivity index (χ3v) is 4.02. The van der Waals surface area contributed by atoms with E-state index in [1.807, 2.05) is 12.1 Å². The molecule has 96 valence electrons. The summed E-state index contributed by atoms with van der Waals surface area (Å²) in [7, 11) is 0. The lowest BCUT2D eigenvalue weighted by molar-refractivity contribution is 0.0929. The highest BCUT2D eigenvalue weighted by molar-refractivity contribution is 5.84. The van der Waals surface area contributed by atoms with Crippen molar-refractivity contribution in [3.05, 3.63) is 35.5 Å². The summed E-state index contributed by atoms with van der Waals surface area (Å²) >= 11 is 0. The summed E-state index contributed by atoms with van der Waals surface area (Å²) in [6, 6.07) is 8.22. The lowest BCUT2D eigenvalue weighted by atomic mass is 9.88. The molecule has 2 heterocycles. The molecule has 1 saturated heterocycles. The first kappa shape index (κ1) is 11.8. The van der Waals surface area contributed by atoms with Gasteiger partial charge in [-0.05, 0) is 32.4 Å². The minimum atomic E-state index is -0.367. The maximum atomic E-state index is 10.7. The molecular weight excluding hydrogens is 224 g/mol. The van der Waals surface area contributed by atoms with Gasteiger partial charge in [0.15, 0.2) is 0 Å². The van der Waals surface area contributed by atoms with Crippen molar-refractivity contribution in [2.75, 3.05) is 13.1 Å². The molecule has 0 bridgehead atoms. The van der Waals surface area contributed by atoms with Crippen molar-refractivity contribution >= 4 is 10.9 Å². The fourth-order valence-corrected chi connectivity index (χ4v) is 3.06. The summed E-state index contributed by atoms with van der Waals surface area (Å²) in [5.41, 5.74) is 3.29. The number of para-hydroxylation sites is 1. The maximum Gasteiger partial charge on any atom is 0.0853 e. The Labute approximate surface area is 107 Å². The molecule has 0 radical (unpaired) electrons. The predicted molar refractivity (Wildman–Crippen MR) is 73.6 cm³/mol. The number of aryl methyl sites for hydroxylation is 1. The minimum Gasteiger partial charge on any atom is -0.388 e. The van der Waals surface area contributed by atoms with E-state index in [4.69, 9.17) is 0 Å². The van der Waals surface area contributed by atoms with Crippen molar-refractivity contribution in [3.63, 3.8) is 0 Å². The molecule has 3 rings (SSSR count). The molecule has 1 aliphatic heterocycles. The van der Waals surface area contributed by atoms with Gasteiger partial charge in [0, 0.05) is 34.6 Å². The van der Waals surface area contributed by atoms with Gasteiger partial charge in [0.05, 0.1) is 6.10 Å². The van der Waals surface area contributed by atoms with Crippen LogP contribution in [-0.4, -0.2) is 23.2 Å². The van der Waals surface area contributed by atoms with Crippen LogP contribution in [0.5, 0.6) is 0 Å². The van der Waals surface area contributed by atoms with Crippen LogP contribution in [0.15, 0.2) is 24.3 Å². The third-order valence-electron chi connectivity index (χ3n) is 4.02. The summed E-state index contributed by atoms with van der Waals surface area (Å²) in [5, 5.41) is 15.2. The number of aromatic nitrogens is 1. The topological polar surface area (TPSA) is 48.0 Å². The van der Waals surface area contributed by atoms with E-state index in [2.05, 4.69) is 29.4 Å². The van der Waals surface area contributed by atoms with Crippen LogP contribution in [-0.2, 0) is 0 Å². The van der Waals surface area contributed by atoms with E-state index < -0.39 is 0 Å². The summed E-state index contributed by atoms with van der Waals surface area (Å²) in [6.07, 6.45) is 1.89. The molecule has 2 aromatic rings. The van der Waals surface area contributed by atoms with Gasteiger partial charge in [0.1, 0.15) is 0 Å². The lowest BCUT2D eigenvalue weighted by Crippen LogP contribution is -2.33. The van der Waals surface area contributed by atoms with Gasteiger partial charge < -0.3 is 15.4 Å². The number of hydrogen-bond acceptors (Lipinski definition) is 2. The van der Waals surface area contributed by atoms with Crippen LogP contribution < -0.4 is 5.32 Å². The van der Waals surface area contributed by atoms with Crippen molar-refractivity contribution in [3.8, 4) is 0 Å². The molecule has 1 aromatic heterocycles. The highest BCUT2D eigenvalue weighted by Crippen LogP contribution is 2.34. The fraction of sp³-hybridized carbons (Fsp3) is 0.467. The second kappa shape index (κ2) is 4.75. The van der Waals surface area contributed by atoms with Crippen LogP contribution in [0.1, 0.15) is 30.2 Å². The minimum absolute atomic E-state index is 0.330. The van der Waals surface area contributed by atoms with E-state index in [0.717, 1.165) is 48.1 Å². The number of fused-ring (bicyclic) bond motifs is 1. The number of hydrogen-bond donors (Lipinski definition) is 3. The van der Waals surface area contributed by atoms with Gasteiger partial charge in [-0.2, -0.15) is 0 Å². The van der Waals surface area contributed by atoms with Crippen LogP contribution in [0.4, 0.5) is 0 Å². The molecule has 2 atom stereocenters. The van der Waals surface area contributed by atoms with Gasteiger partial charge in [-0.3, -0.25) is 0 Å². The Kier molecular flexibility index (Phi) is 3.10. The fourth-order valence-electron chi connectivity index (χ4n) is 3.06. The summed E-state index contributed by atoms with van der Waals surface area (Å²) < 4.78 is 0. The van der Waals surface area contributed by atoms with Gasteiger partial charge in [-0.25, -0.2) is 0 Å². The first-order chi connectivity index (χ1) is 8.77. The first-order valence-electron chi connectivity index (χ1n) is 6.73. The number of H-pyrrole nitrogens is 1. The average Bonchev–Trinajstić information content (AvgIpc) is 2.75. The smallest absolute Gasteiger partial charge is 0.0853 e. The van der Waals surface area contributed by atoms with E-state index in [1.165, 1.54) is 0 Å². The standard InChI is InChI=1S/C15H20N2O/c1-10-14(12-6-2-3-7-13(12)17-10)15(18)11-5-4-8-16-9-11/h2-3,6-7,11,15-18H,4-5,8-9H2,1H3. The Morgan fingerprint density at radius 1 is 1.33 bits per heavy atom. The zero-order valence-electron chi connectivity index (χ0n) is 10.7. The van der Waals surface area contributed by atoms with Crippen molar-refractivity contribution < 1.29 is 5.11 Å². The Hall–Kier alpha value is -1.32. The number of aliphatic hydroxyl groups excluding tert-OH is 1. The van der Waals surface area contributed by atoms with Crippen LogP contribution >= 0.6 is 0 Å². The molecule has 3 heteroatoms. The first-order valence-corrected chi connectivity index (χ1v) is 6.73. The molecule has 3 nitrogen and oxygen atoms in total. The number of aromatic amines is 1. The summed E-state index contributed by atoms with van der Waals surface area (Å²) in [4.78, 5) is 3.37. The van der Waals surface area contributed by atoms with E-state index in [-0.39, 0.29) is 6.10 Å². The van der Waals surface area contributed by atoms with E-state index in [9.17, 15) is 5.11 Å². The molecule has 1 aliphatic rings. The molecule has 18 heavy (non-hydrogen) atoms. The Balaban J connectivity index is 1.99. The zero-order chi connectivity index (χ0) is 12.5. The van der Waals surface area contributed by atoms with E-state index in [0.29, 0.717) is 5.92 Å². The molecule has 3 N–H and O–H groups in total. The number of rotatable bonds is 2. The molecule has 0 saturated carbocycles. The van der Waals surface area contributed by atoms with Gasteiger partial charge in [0.25, 0.3) is 0 Å². The maximum absolute atomic E-state index is 10.7. The molecule has 0 aliphatic carbocycles. The zero-order valence-corrected chi connectivity index (χ0v) is 10.7. The van der Waals surface area contributed by atoms with Crippen LogP contribution in [0.3, 0.4) is 0 Å². The molecule has 2 unspecified atom stereocenters. The second-order valence-electron chi connectivity index (χ2n) is 5.26. The van der Waals surface area contributed by atoms with Gasteiger partial charge in [-0.1, -0.05) is 18.2 Å². The Bertz CT molecular complexity index is 540. The van der Waals surface area contributed by atoms with Crippen molar-refractivity contribution in [1.29, 1.82) is 0 Å². The van der Waals surface area contributed by atoms with E-state index >= 15 is 0 Å². The number of piperidine rings is 1. The normalized spacial score (nSPS) is 22.2. The van der Waals surface area contributed by atoms with Crippen molar-refractivity contribution in [2.24, 2.45) is 5.92 Å². The highest BCUT2D eigenvalue weighted by atomic mass is 16.3. The second-order valence-corrected chi connectivity index (χ2v) is 5.26. The SMILES string of the molecule is Cc1[nH]c2ccccc2c1C(O)C1CCCNC1. The summed E-state index contributed by atoms with van der Waals surface area (Å²) in [6.45, 7) is 4.05.